The fourth-order valence-corrected chi connectivity index (χ4v) is 5.27. The highest BCUT2D eigenvalue weighted by molar-refractivity contribution is 5.76. The minimum Gasteiger partial charge on any atom is -0.436 e. The third-order valence-electron chi connectivity index (χ3n) is 7.90. The lowest BCUT2D eigenvalue weighted by molar-refractivity contribution is 0.589. The summed E-state index contributed by atoms with van der Waals surface area (Å²) in [4.78, 5) is 4.67. The van der Waals surface area contributed by atoms with Gasteiger partial charge in [0.25, 0.3) is 0 Å². The van der Waals surface area contributed by atoms with E-state index in [1.54, 1.807) is 0 Å². The van der Waals surface area contributed by atoms with Gasteiger partial charge in [-0.3, -0.25) is 10.4 Å². The Bertz CT molecular complexity index is 1710. The van der Waals surface area contributed by atoms with Crippen LogP contribution in [-0.2, 0) is 10.8 Å². The second-order valence-electron chi connectivity index (χ2n) is 13.2. The summed E-state index contributed by atoms with van der Waals surface area (Å²) in [5, 5.41) is 2.23. The zero-order valence-corrected chi connectivity index (χ0v) is 25.3. The van der Waals surface area contributed by atoms with Gasteiger partial charge in [0.05, 0.1) is 17.4 Å². The van der Waals surface area contributed by atoms with E-state index in [2.05, 4.69) is 148 Å². The lowest BCUT2D eigenvalue weighted by Crippen LogP contribution is -2.34. The molecule has 6 rings (SSSR count). The number of oxazole rings is 1. The summed E-state index contributed by atoms with van der Waals surface area (Å²) in [7, 11) is 0. The molecule has 1 atom stereocenters. The molecule has 4 nitrogen and oxygen atoms in total. The van der Waals surface area contributed by atoms with E-state index in [1.807, 2.05) is 24.3 Å². The monoisotopic (exact) mass is 553 g/mol. The van der Waals surface area contributed by atoms with Gasteiger partial charge in [-0.25, -0.2) is 4.98 Å². The summed E-state index contributed by atoms with van der Waals surface area (Å²) in [5.74, 6) is 0.630. The smallest absolute Gasteiger partial charge is 0.227 e. The topological polar surface area (TPSA) is 41.3 Å². The lowest BCUT2D eigenvalue weighted by atomic mass is 9.86. The Balaban J connectivity index is 1.29. The summed E-state index contributed by atoms with van der Waals surface area (Å²) < 4.78 is 6.01. The first-order valence-corrected chi connectivity index (χ1v) is 14.7. The van der Waals surface area contributed by atoms with Crippen LogP contribution in [0.25, 0.3) is 28.6 Å². The molecule has 0 fully saturated rings. The van der Waals surface area contributed by atoms with Crippen molar-refractivity contribution in [2.45, 2.75) is 58.4 Å². The van der Waals surface area contributed by atoms with Crippen LogP contribution in [0, 0.1) is 0 Å². The number of aromatic nitrogens is 1. The number of nitrogens with one attached hydrogen (secondary N) is 1. The molecule has 0 bridgehead atoms. The molecule has 0 radical (unpaired) electrons. The zero-order valence-electron chi connectivity index (χ0n) is 25.3. The van der Waals surface area contributed by atoms with Gasteiger partial charge in [0, 0.05) is 5.56 Å². The molecule has 1 aliphatic rings. The maximum Gasteiger partial charge on any atom is 0.227 e. The molecule has 0 aliphatic carbocycles. The first-order chi connectivity index (χ1) is 20.0. The normalized spacial score (nSPS) is 15.8. The first kappa shape index (κ1) is 27.6. The Labute approximate surface area is 249 Å². The number of para-hydroxylation sites is 2. The Hall–Kier alpha value is -4.57. The number of hydrazine groups is 1. The summed E-state index contributed by atoms with van der Waals surface area (Å²) in [6, 6.07) is 34.1. The number of fused-ring (bicyclic) bond motifs is 1. The van der Waals surface area contributed by atoms with Crippen LogP contribution in [0.5, 0.6) is 0 Å². The van der Waals surface area contributed by atoms with E-state index in [0.717, 1.165) is 28.0 Å². The highest BCUT2D eigenvalue weighted by Gasteiger charge is 2.26. The van der Waals surface area contributed by atoms with E-state index >= 15 is 0 Å². The fourth-order valence-electron chi connectivity index (χ4n) is 5.27. The molecule has 212 valence electrons. The molecule has 0 saturated heterocycles. The largest absolute Gasteiger partial charge is 0.436 e. The van der Waals surface area contributed by atoms with Crippen LogP contribution in [0.15, 0.2) is 119 Å². The molecule has 0 saturated carbocycles. The van der Waals surface area contributed by atoms with Crippen molar-refractivity contribution in [1.82, 2.24) is 10.4 Å². The van der Waals surface area contributed by atoms with Crippen molar-refractivity contribution < 1.29 is 4.42 Å². The van der Waals surface area contributed by atoms with Crippen LogP contribution in [0.2, 0.25) is 0 Å². The fraction of sp³-hybridized carbons (Fsp3) is 0.237. The van der Waals surface area contributed by atoms with Gasteiger partial charge >= 0.3 is 0 Å². The summed E-state index contributed by atoms with van der Waals surface area (Å²) in [6.07, 6.45) is 6.63. The molecule has 0 spiro atoms. The lowest BCUT2D eigenvalue weighted by Gasteiger charge is -2.28. The summed E-state index contributed by atoms with van der Waals surface area (Å²) >= 11 is 0. The number of nitrogens with zero attached hydrogens (tertiary/aromatic N) is 2. The highest BCUT2D eigenvalue weighted by Crippen LogP contribution is 2.35. The Kier molecular flexibility index (Phi) is 7.02. The minimum absolute atomic E-state index is 0.0390. The predicted octanol–water partition coefficient (Wildman–Crippen LogP) is 9.75. The second kappa shape index (κ2) is 10.7. The minimum atomic E-state index is 0.0390. The maximum atomic E-state index is 6.01. The zero-order chi connectivity index (χ0) is 29.5. The molecule has 5 aromatic rings. The molecule has 1 unspecified atom stereocenters. The molecule has 0 amide bonds. The molecule has 4 heteroatoms. The molecule has 42 heavy (non-hydrogen) atoms. The van der Waals surface area contributed by atoms with Gasteiger partial charge < -0.3 is 4.42 Å². The van der Waals surface area contributed by atoms with Crippen molar-refractivity contribution in [1.29, 1.82) is 0 Å². The van der Waals surface area contributed by atoms with Crippen molar-refractivity contribution in [2.24, 2.45) is 0 Å². The van der Waals surface area contributed by atoms with Crippen molar-refractivity contribution in [2.75, 3.05) is 5.01 Å². The van der Waals surface area contributed by atoms with Crippen molar-refractivity contribution >= 4 is 22.9 Å². The molecule has 1 aliphatic heterocycles. The van der Waals surface area contributed by atoms with Gasteiger partial charge in [0.2, 0.25) is 5.89 Å². The quantitative estimate of drug-likeness (QED) is 0.235. The Morgan fingerprint density at radius 3 is 1.95 bits per heavy atom. The van der Waals surface area contributed by atoms with Crippen molar-refractivity contribution in [3.05, 3.63) is 137 Å². The molecule has 2 heterocycles. The van der Waals surface area contributed by atoms with E-state index in [-0.39, 0.29) is 16.9 Å². The first-order valence-electron chi connectivity index (χ1n) is 14.7. The van der Waals surface area contributed by atoms with Crippen LogP contribution >= 0.6 is 0 Å². The Morgan fingerprint density at radius 2 is 1.33 bits per heavy atom. The number of hydrogen-bond acceptors (Lipinski definition) is 4. The molecule has 1 N–H and O–H groups in total. The standard InChI is InChI=1S/C38H39N3O/c1-37(2,3)29-18-11-26(12-19-29)13-22-31-25-34(27-14-20-30(21-15-27)38(4,5)6)41(40-31)32-23-16-28(17-24-32)36-39-33-9-7-8-10-35(33)42-36/h7-25,34,40H,1-6H3. The van der Waals surface area contributed by atoms with Gasteiger partial charge in [-0.15, -0.1) is 0 Å². The molecular weight excluding hydrogens is 514 g/mol. The van der Waals surface area contributed by atoms with Crippen LogP contribution < -0.4 is 10.4 Å². The maximum absolute atomic E-state index is 6.01. The van der Waals surface area contributed by atoms with Gasteiger partial charge in [0.15, 0.2) is 5.58 Å². The van der Waals surface area contributed by atoms with Crippen LogP contribution in [-0.4, -0.2) is 4.98 Å². The number of allylic oxidation sites excluding steroid dienone is 1. The summed E-state index contributed by atoms with van der Waals surface area (Å²) in [6.45, 7) is 13.5. The second-order valence-corrected chi connectivity index (χ2v) is 13.2. The van der Waals surface area contributed by atoms with Crippen molar-refractivity contribution in [3.8, 4) is 11.5 Å². The molecule has 4 aromatic carbocycles. The average Bonchev–Trinajstić information content (AvgIpc) is 3.60. The number of rotatable bonds is 5. The van der Waals surface area contributed by atoms with Crippen LogP contribution in [0.4, 0.5) is 5.69 Å². The summed E-state index contributed by atoms with van der Waals surface area (Å²) in [5.41, 5.74) is 13.7. The van der Waals surface area contributed by atoms with E-state index < -0.39 is 0 Å². The molecular formula is C38H39N3O. The van der Waals surface area contributed by atoms with E-state index in [0.29, 0.717) is 5.89 Å². The number of hydrogen-bond donors (Lipinski definition) is 1. The SMILES string of the molecule is CC(C)(C)c1ccc(C=CC2=CC(c3ccc(C(C)(C)C)cc3)N(c3ccc(-c4nc5ccccc5o4)cc3)N2)cc1. The van der Waals surface area contributed by atoms with Crippen molar-refractivity contribution in [3.63, 3.8) is 0 Å². The van der Waals surface area contributed by atoms with Gasteiger partial charge in [-0.05, 0) is 81.6 Å². The van der Waals surface area contributed by atoms with Crippen LogP contribution in [0.3, 0.4) is 0 Å². The van der Waals surface area contributed by atoms with Gasteiger partial charge in [-0.1, -0.05) is 108 Å². The average molecular weight is 554 g/mol. The molecule has 1 aromatic heterocycles. The van der Waals surface area contributed by atoms with E-state index in [9.17, 15) is 0 Å². The van der Waals surface area contributed by atoms with E-state index in [4.69, 9.17) is 4.42 Å². The number of benzene rings is 4. The van der Waals surface area contributed by atoms with Gasteiger partial charge in [0.1, 0.15) is 5.52 Å². The highest BCUT2D eigenvalue weighted by atomic mass is 16.3. The van der Waals surface area contributed by atoms with E-state index in [1.165, 1.54) is 22.3 Å². The number of anilines is 1. The third-order valence-corrected chi connectivity index (χ3v) is 7.90. The van der Waals surface area contributed by atoms with Crippen LogP contribution in [0.1, 0.15) is 69.8 Å². The van der Waals surface area contributed by atoms with Gasteiger partial charge in [-0.2, -0.15) is 0 Å². The predicted molar refractivity (Wildman–Crippen MR) is 175 cm³/mol. The Morgan fingerprint density at radius 1 is 0.714 bits per heavy atom. The third kappa shape index (κ3) is 5.75.